The number of nitrogen functional groups attached to an aromatic ring is 1. The Morgan fingerprint density at radius 3 is 2.35 bits per heavy atom. The minimum absolute atomic E-state index is 0.102. The summed E-state index contributed by atoms with van der Waals surface area (Å²) in [7, 11) is 1.31. The number of hydrogen-bond donors (Lipinski definition) is 2. The molecule has 1 rings (SSSR count). The van der Waals surface area contributed by atoms with Crippen molar-refractivity contribution >= 4 is 17.6 Å². The SMILES string of the molecule is COC(=O)C(C)CC(=O)NC(C)(C)c1ccc(N)cc1. The van der Waals surface area contributed by atoms with Gasteiger partial charge in [0.05, 0.1) is 18.6 Å². The van der Waals surface area contributed by atoms with Crippen LogP contribution in [0, 0.1) is 5.92 Å². The molecule has 1 unspecified atom stereocenters. The van der Waals surface area contributed by atoms with Crippen LogP contribution in [0.1, 0.15) is 32.8 Å². The van der Waals surface area contributed by atoms with Gasteiger partial charge in [0.1, 0.15) is 0 Å². The molecule has 110 valence electrons. The lowest BCUT2D eigenvalue weighted by Crippen LogP contribution is -2.42. The second-order valence-corrected chi connectivity index (χ2v) is 5.42. The average Bonchev–Trinajstić information content (AvgIpc) is 2.37. The first-order valence-corrected chi connectivity index (χ1v) is 6.51. The summed E-state index contributed by atoms with van der Waals surface area (Å²) in [5, 5.41) is 2.91. The molecular weight excluding hydrogens is 256 g/mol. The van der Waals surface area contributed by atoms with Gasteiger partial charge in [-0.05, 0) is 31.5 Å². The summed E-state index contributed by atoms with van der Waals surface area (Å²) in [4.78, 5) is 23.3. The fraction of sp³-hybridized carbons (Fsp3) is 0.467. The number of esters is 1. The predicted molar refractivity (Wildman–Crippen MR) is 77.8 cm³/mol. The summed E-state index contributed by atoms with van der Waals surface area (Å²) in [6.07, 6.45) is 0.102. The molecule has 1 aromatic rings. The topological polar surface area (TPSA) is 81.4 Å². The number of rotatable bonds is 5. The van der Waals surface area contributed by atoms with Crippen LogP contribution in [-0.4, -0.2) is 19.0 Å². The Morgan fingerprint density at radius 2 is 1.85 bits per heavy atom. The van der Waals surface area contributed by atoms with E-state index in [1.807, 2.05) is 26.0 Å². The van der Waals surface area contributed by atoms with Crippen LogP contribution in [-0.2, 0) is 19.9 Å². The van der Waals surface area contributed by atoms with Gasteiger partial charge in [0, 0.05) is 12.1 Å². The number of methoxy groups -OCH3 is 1. The van der Waals surface area contributed by atoms with E-state index in [2.05, 4.69) is 10.1 Å². The van der Waals surface area contributed by atoms with E-state index in [4.69, 9.17) is 5.73 Å². The number of hydrogen-bond acceptors (Lipinski definition) is 4. The van der Waals surface area contributed by atoms with Crippen LogP contribution in [0.4, 0.5) is 5.69 Å². The molecule has 20 heavy (non-hydrogen) atoms. The minimum atomic E-state index is -0.527. The van der Waals surface area contributed by atoms with Gasteiger partial charge in [0.2, 0.25) is 5.91 Å². The molecule has 0 radical (unpaired) electrons. The van der Waals surface area contributed by atoms with Gasteiger partial charge in [-0.25, -0.2) is 0 Å². The van der Waals surface area contributed by atoms with Gasteiger partial charge in [-0.1, -0.05) is 19.1 Å². The zero-order chi connectivity index (χ0) is 15.3. The van der Waals surface area contributed by atoms with Crippen molar-refractivity contribution in [2.24, 2.45) is 5.92 Å². The highest BCUT2D eigenvalue weighted by atomic mass is 16.5. The summed E-state index contributed by atoms with van der Waals surface area (Å²) in [6, 6.07) is 7.33. The molecule has 3 N–H and O–H groups in total. The Bertz CT molecular complexity index is 480. The molecule has 0 saturated carbocycles. The van der Waals surface area contributed by atoms with Crippen LogP contribution in [0.2, 0.25) is 0 Å². The van der Waals surface area contributed by atoms with E-state index >= 15 is 0 Å². The van der Waals surface area contributed by atoms with E-state index in [1.165, 1.54) is 7.11 Å². The standard InChI is InChI=1S/C15H22N2O3/c1-10(14(19)20-4)9-13(18)17-15(2,3)11-5-7-12(16)8-6-11/h5-8,10H,9,16H2,1-4H3,(H,17,18). The van der Waals surface area contributed by atoms with Crippen LogP contribution in [0.3, 0.4) is 0 Å². The van der Waals surface area contributed by atoms with E-state index < -0.39 is 11.5 Å². The van der Waals surface area contributed by atoms with Crippen LogP contribution < -0.4 is 11.1 Å². The van der Waals surface area contributed by atoms with E-state index in [9.17, 15) is 9.59 Å². The maximum Gasteiger partial charge on any atom is 0.308 e. The van der Waals surface area contributed by atoms with E-state index in [0.29, 0.717) is 5.69 Å². The van der Waals surface area contributed by atoms with Crippen molar-refractivity contribution in [3.05, 3.63) is 29.8 Å². The maximum absolute atomic E-state index is 12.0. The Hall–Kier alpha value is -2.04. The molecule has 0 saturated heterocycles. The second-order valence-electron chi connectivity index (χ2n) is 5.42. The van der Waals surface area contributed by atoms with Crippen molar-refractivity contribution in [3.63, 3.8) is 0 Å². The van der Waals surface area contributed by atoms with Crippen LogP contribution in [0.25, 0.3) is 0 Å². The molecule has 0 aliphatic heterocycles. The Labute approximate surface area is 119 Å². The lowest BCUT2D eigenvalue weighted by atomic mass is 9.93. The fourth-order valence-electron chi connectivity index (χ4n) is 1.93. The Kier molecular flexibility index (Phi) is 5.13. The smallest absolute Gasteiger partial charge is 0.308 e. The Morgan fingerprint density at radius 1 is 1.30 bits per heavy atom. The monoisotopic (exact) mass is 278 g/mol. The Balaban J connectivity index is 2.68. The predicted octanol–water partition coefficient (Wildman–Crippen LogP) is 1.82. The highest BCUT2D eigenvalue weighted by Crippen LogP contribution is 2.21. The van der Waals surface area contributed by atoms with E-state index in [0.717, 1.165) is 5.56 Å². The molecule has 0 fully saturated rings. The zero-order valence-electron chi connectivity index (χ0n) is 12.4. The van der Waals surface area contributed by atoms with Crippen molar-refractivity contribution in [3.8, 4) is 0 Å². The highest BCUT2D eigenvalue weighted by Gasteiger charge is 2.25. The maximum atomic E-state index is 12.0. The van der Waals surface area contributed by atoms with E-state index in [1.54, 1.807) is 19.1 Å². The molecular formula is C15H22N2O3. The molecule has 1 aromatic carbocycles. The molecule has 0 heterocycles. The van der Waals surface area contributed by atoms with Crippen molar-refractivity contribution in [2.75, 3.05) is 12.8 Å². The van der Waals surface area contributed by atoms with Crippen LogP contribution in [0.5, 0.6) is 0 Å². The normalized spacial score (nSPS) is 12.6. The zero-order valence-corrected chi connectivity index (χ0v) is 12.4. The van der Waals surface area contributed by atoms with Crippen LogP contribution in [0.15, 0.2) is 24.3 Å². The largest absolute Gasteiger partial charge is 0.469 e. The first-order chi connectivity index (χ1) is 9.26. The third kappa shape index (κ3) is 4.26. The van der Waals surface area contributed by atoms with Gasteiger partial charge in [0.25, 0.3) is 0 Å². The fourth-order valence-corrected chi connectivity index (χ4v) is 1.93. The average molecular weight is 278 g/mol. The summed E-state index contributed by atoms with van der Waals surface area (Å²) in [6.45, 7) is 5.47. The van der Waals surface area contributed by atoms with Gasteiger partial charge in [-0.3, -0.25) is 9.59 Å². The highest BCUT2D eigenvalue weighted by molar-refractivity contribution is 5.83. The molecule has 0 aliphatic carbocycles. The number of carbonyl (C=O) groups is 2. The third-order valence-corrected chi connectivity index (χ3v) is 3.18. The van der Waals surface area contributed by atoms with Crippen molar-refractivity contribution in [2.45, 2.75) is 32.7 Å². The number of nitrogens with two attached hydrogens (primary N) is 1. The molecule has 5 nitrogen and oxygen atoms in total. The van der Waals surface area contributed by atoms with Gasteiger partial charge < -0.3 is 15.8 Å². The summed E-state index contributed by atoms with van der Waals surface area (Å²) >= 11 is 0. The van der Waals surface area contributed by atoms with Gasteiger partial charge in [0.15, 0.2) is 0 Å². The quantitative estimate of drug-likeness (QED) is 0.636. The van der Waals surface area contributed by atoms with Gasteiger partial charge in [-0.2, -0.15) is 0 Å². The minimum Gasteiger partial charge on any atom is -0.469 e. The summed E-state index contributed by atoms with van der Waals surface area (Å²) in [5.74, 6) is -1.03. The molecule has 0 aromatic heterocycles. The number of benzene rings is 1. The van der Waals surface area contributed by atoms with Crippen molar-refractivity contribution < 1.29 is 14.3 Å². The molecule has 1 atom stereocenters. The summed E-state index contributed by atoms with van der Waals surface area (Å²) < 4.78 is 4.61. The third-order valence-electron chi connectivity index (χ3n) is 3.18. The second kappa shape index (κ2) is 6.41. The van der Waals surface area contributed by atoms with Gasteiger partial charge >= 0.3 is 5.97 Å². The van der Waals surface area contributed by atoms with Crippen LogP contribution >= 0.6 is 0 Å². The number of nitrogens with one attached hydrogen (secondary N) is 1. The molecule has 1 amide bonds. The molecule has 0 aliphatic rings. The number of ether oxygens (including phenoxy) is 1. The molecule has 5 heteroatoms. The lowest BCUT2D eigenvalue weighted by Gasteiger charge is -2.27. The number of amides is 1. The molecule has 0 bridgehead atoms. The number of anilines is 1. The lowest BCUT2D eigenvalue weighted by molar-refractivity contribution is -0.146. The van der Waals surface area contributed by atoms with Crippen molar-refractivity contribution in [1.29, 1.82) is 0 Å². The van der Waals surface area contributed by atoms with Gasteiger partial charge in [-0.15, -0.1) is 0 Å². The summed E-state index contributed by atoms with van der Waals surface area (Å²) in [5.41, 5.74) is 6.75. The number of carbonyl (C=O) groups excluding carboxylic acids is 2. The molecule has 0 spiro atoms. The first-order valence-electron chi connectivity index (χ1n) is 6.51. The van der Waals surface area contributed by atoms with Crippen molar-refractivity contribution in [1.82, 2.24) is 5.32 Å². The van der Waals surface area contributed by atoms with E-state index in [-0.39, 0.29) is 18.3 Å². The first kappa shape index (κ1) is 16.0.